The molecule has 4 aliphatic rings. The Morgan fingerprint density at radius 2 is 2.24 bits per heavy atom. The summed E-state index contributed by atoms with van der Waals surface area (Å²) in [4.78, 5) is 0. The molecule has 1 unspecified atom stereocenters. The molecule has 5 rings (SSSR count). The average Bonchev–Trinajstić information content (AvgIpc) is 3.07. The standard InChI is InChI=1S/C16H14N/c1-2-10-8-9-17-14-7-5-11-4-6-13(15(11)14)16(17)12(10)3-1/h1-2,4,8-9,14H,3,5-7H2/q+1. The van der Waals surface area contributed by atoms with Gasteiger partial charge in [0.25, 0.3) is 0 Å². The summed E-state index contributed by atoms with van der Waals surface area (Å²) in [5.41, 5.74) is 9.54. The minimum absolute atomic E-state index is 0.666. The van der Waals surface area contributed by atoms with Crippen LogP contribution in [0.5, 0.6) is 0 Å². The van der Waals surface area contributed by atoms with E-state index >= 15 is 0 Å². The van der Waals surface area contributed by atoms with Crippen LogP contribution in [0.3, 0.4) is 0 Å². The largest absolute Gasteiger partial charge is 0.213 e. The third-order valence-electron chi connectivity index (χ3n) is 4.79. The summed E-state index contributed by atoms with van der Waals surface area (Å²) in [6.07, 6.45) is 14.3. The summed E-state index contributed by atoms with van der Waals surface area (Å²) in [6.45, 7) is 0. The molecule has 1 aliphatic heterocycles. The van der Waals surface area contributed by atoms with Crippen LogP contribution in [0.1, 0.15) is 42.1 Å². The van der Waals surface area contributed by atoms with Crippen LogP contribution in [-0.4, -0.2) is 0 Å². The molecule has 1 aromatic heterocycles. The van der Waals surface area contributed by atoms with Gasteiger partial charge in [-0.15, -0.1) is 0 Å². The maximum absolute atomic E-state index is 2.55. The predicted octanol–water partition coefficient (Wildman–Crippen LogP) is 2.98. The third-order valence-corrected chi connectivity index (χ3v) is 4.79. The van der Waals surface area contributed by atoms with E-state index in [1.807, 2.05) is 0 Å². The molecule has 0 saturated heterocycles. The van der Waals surface area contributed by atoms with E-state index in [1.54, 1.807) is 28.0 Å². The van der Waals surface area contributed by atoms with E-state index < -0.39 is 0 Å². The van der Waals surface area contributed by atoms with E-state index in [9.17, 15) is 0 Å². The van der Waals surface area contributed by atoms with Crippen molar-refractivity contribution in [3.63, 3.8) is 0 Å². The fourth-order valence-electron chi connectivity index (χ4n) is 4.13. The van der Waals surface area contributed by atoms with Gasteiger partial charge >= 0.3 is 0 Å². The highest BCUT2D eigenvalue weighted by molar-refractivity contribution is 5.81. The summed E-state index contributed by atoms with van der Waals surface area (Å²) in [7, 11) is 0. The smallest absolute Gasteiger partial charge is 0.191 e. The summed E-state index contributed by atoms with van der Waals surface area (Å²) >= 11 is 0. The van der Waals surface area contributed by atoms with Crippen LogP contribution in [0.2, 0.25) is 0 Å². The maximum Gasteiger partial charge on any atom is 0.213 e. The van der Waals surface area contributed by atoms with Gasteiger partial charge in [-0.3, -0.25) is 0 Å². The van der Waals surface area contributed by atoms with Gasteiger partial charge in [0.2, 0.25) is 5.69 Å². The molecule has 0 radical (unpaired) electrons. The van der Waals surface area contributed by atoms with Crippen LogP contribution in [0, 0.1) is 0 Å². The van der Waals surface area contributed by atoms with Crippen molar-refractivity contribution in [1.82, 2.24) is 0 Å². The first kappa shape index (κ1) is 8.46. The van der Waals surface area contributed by atoms with Gasteiger partial charge in [-0.1, -0.05) is 18.2 Å². The number of rotatable bonds is 0. The lowest BCUT2D eigenvalue weighted by Crippen LogP contribution is -2.39. The zero-order valence-electron chi connectivity index (χ0n) is 9.74. The maximum atomic E-state index is 2.55. The van der Waals surface area contributed by atoms with Crippen molar-refractivity contribution in [3.05, 3.63) is 52.4 Å². The van der Waals surface area contributed by atoms with Gasteiger partial charge in [0, 0.05) is 29.2 Å². The Kier molecular flexibility index (Phi) is 1.30. The highest BCUT2D eigenvalue weighted by atomic mass is 15.0. The van der Waals surface area contributed by atoms with Crippen molar-refractivity contribution in [2.24, 2.45) is 0 Å². The molecule has 0 aromatic carbocycles. The van der Waals surface area contributed by atoms with Crippen LogP contribution in [0.4, 0.5) is 0 Å². The van der Waals surface area contributed by atoms with Crippen LogP contribution in [-0.2, 0) is 6.42 Å². The van der Waals surface area contributed by atoms with Crippen molar-refractivity contribution in [3.8, 4) is 0 Å². The van der Waals surface area contributed by atoms with Crippen molar-refractivity contribution in [2.75, 3.05) is 0 Å². The Morgan fingerprint density at radius 3 is 3.24 bits per heavy atom. The highest BCUT2D eigenvalue weighted by Gasteiger charge is 2.47. The van der Waals surface area contributed by atoms with Crippen molar-refractivity contribution >= 4 is 11.6 Å². The summed E-state index contributed by atoms with van der Waals surface area (Å²) in [5.74, 6) is 0. The molecule has 82 valence electrons. The first-order valence-electron chi connectivity index (χ1n) is 6.60. The molecule has 1 aromatic rings. The molecule has 0 spiro atoms. The second-order valence-corrected chi connectivity index (χ2v) is 5.49. The molecule has 3 aliphatic carbocycles. The number of aromatic nitrogens is 1. The summed E-state index contributed by atoms with van der Waals surface area (Å²) in [6, 6.07) is 2.96. The van der Waals surface area contributed by atoms with Crippen LogP contribution < -0.4 is 4.57 Å². The predicted molar refractivity (Wildman–Crippen MR) is 67.3 cm³/mol. The van der Waals surface area contributed by atoms with Crippen molar-refractivity contribution in [2.45, 2.75) is 31.7 Å². The van der Waals surface area contributed by atoms with E-state index in [-0.39, 0.29) is 0 Å². The Balaban J connectivity index is 1.86. The normalized spacial score (nSPS) is 26.4. The zero-order chi connectivity index (χ0) is 11.0. The summed E-state index contributed by atoms with van der Waals surface area (Å²) < 4.78 is 2.55. The minimum atomic E-state index is 0.666. The molecular formula is C16H14N+. The van der Waals surface area contributed by atoms with Gasteiger partial charge in [-0.25, -0.2) is 0 Å². The second-order valence-electron chi connectivity index (χ2n) is 5.49. The first-order chi connectivity index (χ1) is 8.43. The van der Waals surface area contributed by atoms with Gasteiger partial charge in [0.15, 0.2) is 12.2 Å². The van der Waals surface area contributed by atoms with Gasteiger partial charge in [0.1, 0.15) is 0 Å². The fraction of sp³-hybridized carbons (Fsp3) is 0.312. The minimum Gasteiger partial charge on any atom is -0.191 e. The van der Waals surface area contributed by atoms with Gasteiger partial charge in [-0.05, 0) is 30.4 Å². The number of pyridine rings is 1. The lowest BCUT2D eigenvalue weighted by molar-refractivity contribution is -0.710. The van der Waals surface area contributed by atoms with Gasteiger partial charge < -0.3 is 0 Å². The molecule has 1 saturated carbocycles. The molecule has 2 heterocycles. The number of hydrogen-bond acceptors (Lipinski definition) is 0. The van der Waals surface area contributed by atoms with Crippen LogP contribution in [0.25, 0.3) is 11.6 Å². The topological polar surface area (TPSA) is 3.88 Å². The monoisotopic (exact) mass is 220 g/mol. The number of fused-ring (bicyclic) bond motifs is 5. The second kappa shape index (κ2) is 2.61. The molecule has 0 bridgehead atoms. The van der Waals surface area contributed by atoms with Crippen LogP contribution in [0.15, 0.2) is 35.6 Å². The molecule has 1 fully saturated rings. The lowest BCUT2D eigenvalue weighted by Gasteiger charge is -2.06. The Labute approximate surface area is 101 Å². The quantitative estimate of drug-likeness (QED) is 0.592. The van der Waals surface area contributed by atoms with Gasteiger partial charge in [0.05, 0.1) is 0 Å². The lowest BCUT2D eigenvalue weighted by atomic mass is 10.0. The molecule has 1 heteroatoms. The highest BCUT2D eigenvalue weighted by Crippen LogP contribution is 2.51. The number of nitrogens with zero attached hydrogens (tertiary/aromatic N) is 1. The molecule has 1 nitrogen and oxygen atoms in total. The van der Waals surface area contributed by atoms with E-state index in [1.165, 1.54) is 24.8 Å². The van der Waals surface area contributed by atoms with E-state index in [2.05, 4.69) is 35.1 Å². The third kappa shape index (κ3) is 0.833. The zero-order valence-corrected chi connectivity index (χ0v) is 9.74. The Bertz CT molecular complexity index is 658. The molecule has 17 heavy (non-hydrogen) atoms. The number of allylic oxidation sites excluding steroid dienone is 5. The van der Waals surface area contributed by atoms with E-state index in [0.29, 0.717) is 6.04 Å². The SMILES string of the molecule is C1=Cc2cc[n+]3c(c2C1)C1=C2C(=CC1)CCC23. The van der Waals surface area contributed by atoms with Crippen molar-refractivity contribution < 1.29 is 4.57 Å². The molecule has 0 N–H and O–H groups in total. The first-order valence-corrected chi connectivity index (χ1v) is 6.60. The van der Waals surface area contributed by atoms with Crippen molar-refractivity contribution in [1.29, 1.82) is 0 Å². The van der Waals surface area contributed by atoms with Gasteiger partial charge in [-0.2, -0.15) is 4.57 Å². The average molecular weight is 220 g/mol. The molecule has 0 amide bonds. The number of hydrogen-bond donors (Lipinski definition) is 0. The Hall–Kier alpha value is -1.63. The fourth-order valence-corrected chi connectivity index (χ4v) is 4.13. The van der Waals surface area contributed by atoms with Crippen LogP contribution >= 0.6 is 0 Å². The van der Waals surface area contributed by atoms with E-state index in [0.717, 1.165) is 6.42 Å². The van der Waals surface area contributed by atoms with E-state index in [4.69, 9.17) is 0 Å². The molecular weight excluding hydrogens is 206 g/mol. The summed E-state index contributed by atoms with van der Waals surface area (Å²) in [5, 5.41) is 0. The molecule has 1 atom stereocenters. The Morgan fingerprint density at radius 1 is 1.24 bits per heavy atom.